The molecule has 1 aliphatic rings. The second-order valence-electron chi connectivity index (χ2n) is 7.40. The number of halogens is 2. The molecule has 2 aromatic rings. The van der Waals surface area contributed by atoms with Gasteiger partial charge in [-0.3, -0.25) is 14.5 Å². The van der Waals surface area contributed by atoms with Crippen molar-refractivity contribution < 1.29 is 14.0 Å². The Bertz CT molecular complexity index is 969. The van der Waals surface area contributed by atoms with E-state index in [9.17, 15) is 14.0 Å². The number of nitrogens with one attached hydrogen (secondary N) is 1. The van der Waals surface area contributed by atoms with Crippen LogP contribution < -0.4 is 5.32 Å². The Labute approximate surface area is 181 Å². The van der Waals surface area contributed by atoms with E-state index in [1.807, 2.05) is 36.9 Å². The van der Waals surface area contributed by atoms with E-state index in [0.29, 0.717) is 38.3 Å². The zero-order valence-electron chi connectivity index (χ0n) is 17.1. The molecule has 1 heterocycles. The van der Waals surface area contributed by atoms with E-state index in [1.165, 1.54) is 18.2 Å². The molecule has 30 heavy (non-hydrogen) atoms. The molecule has 158 valence electrons. The summed E-state index contributed by atoms with van der Waals surface area (Å²) in [6, 6.07) is 10.2. The quantitative estimate of drug-likeness (QED) is 0.733. The third kappa shape index (κ3) is 5.68. The molecule has 0 spiro atoms. The van der Waals surface area contributed by atoms with Crippen LogP contribution in [0.15, 0.2) is 42.5 Å². The van der Waals surface area contributed by atoms with Gasteiger partial charge in [0.05, 0.1) is 11.6 Å². The summed E-state index contributed by atoms with van der Waals surface area (Å²) in [5.74, 6) is -0.663. The highest BCUT2D eigenvalue weighted by Gasteiger charge is 2.21. The molecule has 0 aliphatic carbocycles. The molecular weight excluding hydrogens is 405 g/mol. The SMILES string of the molecule is Cc1cccc(NC(=O)CN2CCN(C(=O)C=Cc3ccc(F)c(Cl)c3)CC2)c1C. The number of anilines is 1. The Hall–Kier alpha value is -2.70. The lowest BCUT2D eigenvalue weighted by Crippen LogP contribution is -2.50. The lowest BCUT2D eigenvalue weighted by Gasteiger charge is -2.33. The summed E-state index contributed by atoms with van der Waals surface area (Å²) in [6.07, 6.45) is 3.09. The highest BCUT2D eigenvalue weighted by atomic mass is 35.5. The zero-order valence-corrected chi connectivity index (χ0v) is 17.9. The molecule has 1 fully saturated rings. The maximum Gasteiger partial charge on any atom is 0.246 e. The van der Waals surface area contributed by atoms with Crippen molar-refractivity contribution in [3.63, 3.8) is 0 Å². The van der Waals surface area contributed by atoms with Crippen LogP contribution in [-0.2, 0) is 9.59 Å². The van der Waals surface area contributed by atoms with Gasteiger partial charge in [0, 0.05) is 37.9 Å². The van der Waals surface area contributed by atoms with E-state index >= 15 is 0 Å². The molecule has 1 N–H and O–H groups in total. The highest BCUT2D eigenvalue weighted by Crippen LogP contribution is 2.18. The number of piperazine rings is 1. The molecule has 0 atom stereocenters. The van der Waals surface area contributed by atoms with Gasteiger partial charge >= 0.3 is 0 Å². The van der Waals surface area contributed by atoms with Gasteiger partial charge in [0.25, 0.3) is 0 Å². The van der Waals surface area contributed by atoms with E-state index in [4.69, 9.17) is 11.6 Å². The van der Waals surface area contributed by atoms with Crippen molar-refractivity contribution in [3.05, 3.63) is 70.0 Å². The van der Waals surface area contributed by atoms with Gasteiger partial charge in [-0.05, 0) is 54.8 Å². The van der Waals surface area contributed by atoms with Gasteiger partial charge in [-0.25, -0.2) is 4.39 Å². The monoisotopic (exact) mass is 429 g/mol. The Morgan fingerprint density at radius 3 is 2.57 bits per heavy atom. The number of carbonyl (C=O) groups is 2. The van der Waals surface area contributed by atoms with E-state index in [0.717, 1.165) is 16.8 Å². The predicted octanol–water partition coefficient (Wildman–Crippen LogP) is 3.89. The van der Waals surface area contributed by atoms with Crippen LogP contribution in [0.3, 0.4) is 0 Å². The first-order valence-electron chi connectivity index (χ1n) is 9.84. The fourth-order valence-corrected chi connectivity index (χ4v) is 3.48. The Morgan fingerprint density at radius 2 is 1.87 bits per heavy atom. The van der Waals surface area contributed by atoms with Crippen molar-refractivity contribution in [3.8, 4) is 0 Å². The Balaban J connectivity index is 1.47. The number of rotatable bonds is 5. The Kier molecular flexibility index (Phi) is 7.24. The predicted molar refractivity (Wildman–Crippen MR) is 118 cm³/mol. The molecular formula is C23H25ClFN3O2. The first-order chi connectivity index (χ1) is 14.3. The second kappa shape index (κ2) is 9.87. The van der Waals surface area contributed by atoms with Gasteiger partial charge in [-0.2, -0.15) is 0 Å². The van der Waals surface area contributed by atoms with Crippen molar-refractivity contribution >= 4 is 35.2 Å². The summed E-state index contributed by atoms with van der Waals surface area (Å²) in [4.78, 5) is 28.6. The summed E-state index contributed by atoms with van der Waals surface area (Å²) < 4.78 is 13.2. The molecule has 2 aromatic carbocycles. The van der Waals surface area contributed by atoms with Crippen LogP contribution in [0.25, 0.3) is 6.08 Å². The van der Waals surface area contributed by atoms with Crippen LogP contribution in [-0.4, -0.2) is 54.3 Å². The van der Waals surface area contributed by atoms with Crippen LogP contribution in [0.5, 0.6) is 0 Å². The van der Waals surface area contributed by atoms with Gasteiger partial charge in [0.15, 0.2) is 0 Å². The summed E-state index contributed by atoms with van der Waals surface area (Å²) >= 11 is 5.76. The summed E-state index contributed by atoms with van der Waals surface area (Å²) in [5, 5.41) is 2.99. The second-order valence-corrected chi connectivity index (χ2v) is 7.81. The first kappa shape index (κ1) is 22.0. The fourth-order valence-electron chi connectivity index (χ4n) is 3.29. The maximum atomic E-state index is 13.2. The molecule has 5 nitrogen and oxygen atoms in total. The van der Waals surface area contributed by atoms with Crippen molar-refractivity contribution in [2.45, 2.75) is 13.8 Å². The average molecular weight is 430 g/mol. The fraction of sp³-hybridized carbons (Fsp3) is 0.304. The molecule has 0 bridgehead atoms. The minimum absolute atomic E-state index is 0.0253. The normalized spacial score (nSPS) is 14.9. The van der Waals surface area contributed by atoms with Crippen molar-refractivity contribution in [2.24, 2.45) is 0 Å². The minimum Gasteiger partial charge on any atom is -0.337 e. The molecule has 2 amide bonds. The molecule has 0 saturated carbocycles. The highest BCUT2D eigenvalue weighted by molar-refractivity contribution is 6.30. The largest absolute Gasteiger partial charge is 0.337 e. The number of amides is 2. The van der Waals surface area contributed by atoms with Crippen molar-refractivity contribution in [2.75, 3.05) is 38.0 Å². The van der Waals surface area contributed by atoms with Gasteiger partial charge < -0.3 is 10.2 Å². The number of benzene rings is 2. The summed E-state index contributed by atoms with van der Waals surface area (Å²) in [6.45, 7) is 6.64. The molecule has 0 aromatic heterocycles. The standard InChI is InChI=1S/C23H25ClFN3O2/c1-16-4-3-5-21(17(16)2)26-22(29)15-27-10-12-28(13-11-27)23(30)9-7-18-6-8-20(25)19(24)14-18/h3-9,14H,10-13,15H2,1-2H3,(H,26,29). The van der Waals surface area contributed by atoms with Gasteiger partial charge in [-0.1, -0.05) is 29.8 Å². The minimum atomic E-state index is -0.488. The van der Waals surface area contributed by atoms with E-state index < -0.39 is 5.82 Å². The van der Waals surface area contributed by atoms with Crippen molar-refractivity contribution in [1.82, 2.24) is 9.80 Å². The summed E-state index contributed by atoms with van der Waals surface area (Å²) in [5.41, 5.74) is 3.70. The van der Waals surface area contributed by atoms with Gasteiger partial charge in [0.2, 0.25) is 11.8 Å². The van der Waals surface area contributed by atoms with Crippen molar-refractivity contribution in [1.29, 1.82) is 0 Å². The van der Waals surface area contributed by atoms with E-state index in [1.54, 1.807) is 17.0 Å². The average Bonchev–Trinajstić information content (AvgIpc) is 2.72. The maximum absolute atomic E-state index is 13.2. The smallest absolute Gasteiger partial charge is 0.246 e. The molecule has 3 rings (SSSR count). The number of carbonyl (C=O) groups excluding carboxylic acids is 2. The van der Waals surface area contributed by atoms with Gasteiger partial charge in [0.1, 0.15) is 5.82 Å². The summed E-state index contributed by atoms with van der Waals surface area (Å²) in [7, 11) is 0. The number of hydrogen-bond donors (Lipinski definition) is 1. The molecule has 7 heteroatoms. The molecule has 1 saturated heterocycles. The lowest BCUT2D eigenvalue weighted by atomic mass is 10.1. The Morgan fingerprint density at radius 1 is 1.13 bits per heavy atom. The van der Waals surface area contributed by atoms with Crippen LogP contribution in [0, 0.1) is 19.7 Å². The zero-order chi connectivity index (χ0) is 21.7. The third-order valence-electron chi connectivity index (χ3n) is 5.29. The number of hydrogen-bond acceptors (Lipinski definition) is 3. The molecule has 0 unspecified atom stereocenters. The third-order valence-corrected chi connectivity index (χ3v) is 5.58. The van der Waals surface area contributed by atoms with Crippen LogP contribution in [0.1, 0.15) is 16.7 Å². The number of aryl methyl sites for hydroxylation is 1. The molecule has 0 radical (unpaired) electrons. The number of nitrogens with zero attached hydrogens (tertiary/aromatic N) is 2. The molecule has 1 aliphatic heterocycles. The van der Waals surface area contributed by atoms with E-state index in [2.05, 4.69) is 5.32 Å². The topological polar surface area (TPSA) is 52.7 Å². The first-order valence-corrected chi connectivity index (χ1v) is 10.2. The lowest BCUT2D eigenvalue weighted by molar-refractivity contribution is -0.127. The van der Waals surface area contributed by atoms with Crippen LogP contribution in [0.2, 0.25) is 5.02 Å². The van der Waals surface area contributed by atoms with Crippen LogP contribution in [0.4, 0.5) is 10.1 Å². The van der Waals surface area contributed by atoms with E-state index in [-0.39, 0.29) is 16.8 Å². The van der Waals surface area contributed by atoms with Gasteiger partial charge in [-0.15, -0.1) is 0 Å². The van der Waals surface area contributed by atoms with Crippen LogP contribution >= 0.6 is 11.6 Å².